The maximum atomic E-state index is 5.80. The summed E-state index contributed by atoms with van der Waals surface area (Å²) in [7, 11) is 0. The average molecular weight is 236 g/mol. The lowest BCUT2D eigenvalue weighted by Gasteiger charge is -2.24. The Morgan fingerprint density at radius 1 is 1.41 bits per heavy atom. The number of rotatable bonds is 2. The van der Waals surface area contributed by atoms with E-state index in [-0.39, 0.29) is 0 Å². The molecule has 1 fully saturated rings. The molecule has 1 unspecified atom stereocenters. The van der Waals surface area contributed by atoms with Crippen LogP contribution in [0.1, 0.15) is 36.9 Å². The largest absolute Gasteiger partial charge is 0.381 e. The van der Waals surface area contributed by atoms with Crippen molar-refractivity contribution in [3.05, 3.63) is 11.8 Å². The van der Waals surface area contributed by atoms with Crippen LogP contribution in [0, 0.1) is 0 Å². The monoisotopic (exact) mass is 236 g/mol. The van der Waals surface area contributed by atoms with E-state index in [9.17, 15) is 0 Å². The Morgan fingerprint density at radius 3 is 3.00 bits per heavy atom. The fraction of sp³-hybridized carbons (Fsp3) is 0.750. The Balaban J connectivity index is 1.84. The summed E-state index contributed by atoms with van der Waals surface area (Å²) >= 11 is 0. The summed E-state index contributed by atoms with van der Waals surface area (Å²) in [5, 5.41) is 8.15. The molecular formula is C12H20N4O. The lowest BCUT2D eigenvalue weighted by atomic mass is 9.97. The zero-order valence-corrected chi connectivity index (χ0v) is 10.1. The van der Waals surface area contributed by atoms with E-state index in [4.69, 9.17) is 15.6 Å². The van der Waals surface area contributed by atoms with E-state index < -0.39 is 0 Å². The van der Waals surface area contributed by atoms with Crippen molar-refractivity contribution in [2.75, 3.05) is 31.6 Å². The molecular weight excluding hydrogens is 216 g/mol. The molecule has 1 saturated heterocycles. The lowest BCUT2D eigenvalue weighted by molar-refractivity contribution is 0.0843. The predicted molar refractivity (Wildman–Crippen MR) is 66.2 cm³/mol. The van der Waals surface area contributed by atoms with Gasteiger partial charge in [-0.3, -0.25) is 0 Å². The molecule has 3 N–H and O–H groups in total. The van der Waals surface area contributed by atoms with Gasteiger partial charge in [0.05, 0.1) is 11.7 Å². The van der Waals surface area contributed by atoms with Crippen LogP contribution in [0.25, 0.3) is 0 Å². The van der Waals surface area contributed by atoms with Gasteiger partial charge < -0.3 is 15.8 Å². The quantitative estimate of drug-likeness (QED) is 0.807. The summed E-state index contributed by atoms with van der Waals surface area (Å²) in [5.74, 6) is 1.69. The second-order valence-corrected chi connectivity index (χ2v) is 4.89. The highest BCUT2D eigenvalue weighted by Crippen LogP contribution is 2.31. The molecule has 5 heteroatoms. The third kappa shape index (κ3) is 2.05. The standard InChI is InChI=1S/C12H20N4O/c13-8-10-1-4-14-12-7-11(15-16(10)12)9-2-5-17-6-3-9/h7,9-10,14H,1-6,8,13H2. The van der Waals surface area contributed by atoms with Crippen molar-refractivity contribution in [1.29, 1.82) is 0 Å². The molecule has 0 aliphatic carbocycles. The molecule has 0 saturated carbocycles. The van der Waals surface area contributed by atoms with Crippen LogP contribution in [0.15, 0.2) is 6.07 Å². The van der Waals surface area contributed by atoms with Gasteiger partial charge in [-0.25, -0.2) is 4.68 Å². The van der Waals surface area contributed by atoms with Crippen molar-refractivity contribution >= 4 is 5.82 Å². The van der Waals surface area contributed by atoms with Gasteiger partial charge in [-0.15, -0.1) is 0 Å². The van der Waals surface area contributed by atoms with Crippen LogP contribution in [0.5, 0.6) is 0 Å². The number of fused-ring (bicyclic) bond motifs is 1. The second-order valence-electron chi connectivity index (χ2n) is 4.89. The molecule has 17 heavy (non-hydrogen) atoms. The van der Waals surface area contributed by atoms with Gasteiger partial charge in [0, 0.05) is 38.3 Å². The molecule has 1 atom stereocenters. The second kappa shape index (κ2) is 4.66. The van der Waals surface area contributed by atoms with E-state index >= 15 is 0 Å². The van der Waals surface area contributed by atoms with Crippen molar-refractivity contribution in [2.45, 2.75) is 31.2 Å². The predicted octanol–water partition coefficient (Wildman–Crippen LogP) is 1.09. The number of hydrogen-bond donors (Lipinski definition) is 2. The maximum absolute atomic E-state index is 5.80. The molecule has 3 rings (SSSR count). The topological polar surface area (TPSA) is 65.1 Å². The summed E-state index contributed by atoms with van der Waals surface area (Å²) in [6, 6.07) is 2.55. The number of hydrogen-bond acceptors (Lipinski definition) is 4. The summed E-state index contributed by atoms with van der Waals surface area (Å²) < 4.78 is 7.47. The Hall–Kier alpha value is -1.07. The highest BCUT2D eigenvalue weighted by Gasteiger charge is 2.24. The Labute approximate surface area is 101 Å². The maximum Gasteiger partial charge on any atom is 0.124 e. The van der Waals surface area contributed by atoms with E-state index in [0.717, 1.165) is 44.8 Å². The minimum Gasteiger partial charge on any atom is -0.381 e. The first-order chi connectivity index (χ1) is 8.38. The number of ether oxygens (including phenoxy) is 1. The zero-order valence-electron chi connectivity index (χ0n) is 10.1. The fourth-order valence-corrected chi connectivity index (χ4v) is 2.72. The van der Waals surface area contributed by atoms with Crippen LogP contribution < -0.4 is 11.1 Å². The Kier molecular flexibility index (Phi) is 3.03. The van der Waals surface area contributed by atoms with Crippen molar-refractivity contribution in [1.82, 2.24) is 9.78 Å². The minimum atomic E-state index is 0.361. The van der Waals surface area contributed by atoms with Crippen LogP contribution in [-0.2, 0) is 4.74 Å². The summed E-state index contributed by atoms with van der Waals surface area (Å²) in [5.41, 5.74) is 7.00. The van der Waals surface area contributed by atoms with Gasteiger partial charge >= 0.3 is 0 Å². The SMILES string of the molecule is NCC1CCNc2cc(C3CCOCC3)nn21. The van der Waals surface area contributed by atoms with Gasteiger partial charge in [0.15, 0.2) is 0 Å². The minimum absolute atomic E-state index is 0.361. The smallest absolute Gasteiger partial charge is 0.124 e. The molecule has 1 aromatic heterocycles. The van der Waals surface area contributed by atoms with Gasteiger partial charge in [0.1, 0.15) is 5.82 Å². The third-order valence-electron chi connectivity index (χ3n) is 3.80. The molecule has 0 bridgehead atoms. The van der Waals surface area contributed by atoms with Crippen LogP contribution in [0.2, 0.25) is 0 Å². The third-order valence-corrected chi connectivity index (χ3v) is 3.80. The van der Waals surface area contributed by atoms with Crippen LogP contribution in [0.4, 0.5) is 5.82 Å². The van der Waals surface area contributed by atoms with Crippen molar-refractivity contribution in [3.63, 3.8) is 0 Å². The van der Waals surface area contributed by atoms with Crippen LogP contribution in [0.3, 0.4) is 0 Å². The van der Waals surface area contributed by atoms with E-state index in [0.29, 0.717) is 18.5 Å². The van der Waals surface area contributed by atoms with Gasteiger partial charge in [0.25, 0.3) is 0 Å². The fourth-order valence-electron chi connectivity index (χ4n) is 2.72. The van der Waals surface area contributed by atoms with Gasteiger partial charge in [-0.2, -0.15) is 5.10 Å². The zero-order chi connectivity index (χ0) is 11.7. The first kappa shape index (κ1) is 11.0. The number of nitrogens with two attached hydrogens (primary N) is 1. The van der Waals surface area contributed by atoms with Crippen molar-refractivity contribution in [2.24, 2.45) is 5.73 Å². The number of nitrogens with zero attached hydrogens (tertiary/aromatic N) is 2. The van der Waals surface area contributed by atoms with Gasteiger partial charge in [0.2, 0.25) is 0 Å². The average Bonchev–Trinajstić information content (AvgIpc) is 2.83. The van der Waals surface area contributed by atoms with Crippen molar-refractivity contribution in [3.8, 4) is 0 Å². The summed E-state index contributed by atoms with van der Waals surface area (Å²) in [6.07, 6.45) is 3.24. The van der Waals surface area contributed by atoms with Crippen LogP contribution >= 0.6 is 0 Å². The highest BCUT2D eigenvalue weighted by molar-refractivity contribution is 5.40. The Bertz CT molecular complexity index is 384. The van der Waals surface area contributed by atoms with Crippen molar-refractivity contribution < 1.29 is 4.74 Å². The summed E-state index contributed by atoms with van der Waals surface area (Å²) in [6.45, 7) is 3.39. The molecule has 2 aliphatic rings. The molecule has 0 spiro atoms. The highest BCUT2D eigenvalue weighted by atomic mass is 16.5. The number of nitrogens with one attached hydrogen (secondary N) is 1. The first-order valence-electron chi connectivity index (χ1n) is 6.49. The van der Waals surface area contributed by atoms with E-state index in [1.807, 2.05) is 0 Å². The normalized spacial score (nSPS) is 25.4. The molecule has 5 nitrogen and oxygen atoms in total. The van der Waals surface area contributed by atoms with Gasteiger partial charge in [-0.05, 0) is 19.3 Å². The molecule has 94 valence electrons. The molecule has 0 radical (unpaired) electrons. The first-order valence-corrected chi connectivity index (χ1v) is 6.49. The van der Waals surface area contributed by atoms with Gasteiger partial charge in [-0.1, -0.05) is 0 Å². The number of anilines is 1. The molecule has 0 amide bonds. The molecule has 2 aliphatic heterocycles. The number of aromatic nitrogens is 2. The Morgan fingerprint density at radius 2 is 2.24 bits per heavy atom. The van der Waals surface area contributed by atoms with E-state index in [2.05, 4.69) is 16.1 Å². The summed E-state index contributed by atoms with van der Waals surface area (Å²) in [4.78, 5) is 0. The van der Waals surface area contributed by atoms with E-state index in [1.165, 1.54) is 5.69 Å². The molecule has 1 aromatic rings. The van der Waals surface area contributed by atoms with E-state index in [1.54, 1.807) is 0 Å². The van der Waals surface area contributed by atoms with Crippen LogP contribution in [-0.4, -0.2) is 36.1 Å². The lowest BCUT2D eigenvalue weighted by Crippen LogP contribution is -2.28. The molecule has 3 heterocycles. The molecule has 0 aromatic carbocycles.